The van der Waals surface area contributed by atoms with E-state index in [0.717, 1.165) is 6.42 Å². The van der Waals surface area contributed by atoms with Crippen LogP contribution in [0.3, 0.4) is 0 Å². The third-order valence-electron chi connectivity index (χ3n) is 3.02. The van der Waals surface area contributed by atoms with E-state index in [9.17, 15) is 9.18 Å². The van der Waals surface area contributed by atoms with Crippen molar-refractivity contribution in [3.8, 4) is 5.75 Å². The number of carbonyl (C=O) groups excluding carboxylic acids is 1. The molecule has 100 valence electrons. The summed E-state index contributed by atoms with van der Waals surface area (Å²) in [4.78, 5) is 12.0. The Hall–Kier alpha value is -1.42. The Labute approximate surface area is 107 Å². The molecular formula is C14H20FNO2. The Morgan fingerprint density at radius 2 is 2.17 bits per heavy atom. The highest BCUT2D eigenvalue weighted by Gasteiger charge is 2.27. The molecule has 0 spiro atoms. The lowest BCUT2D eigenvalue weighted by molar-refractivity contribution is -0.123. The van der Waals surface area contributed by atoms with Crippen LogP contribution in [0.5, 0.6) is 5.75 Å². The van der Waals surface area contributed by atoms with Crippen LogP contribution in [-0.4, -0.2) is 18.4 Å². The molecule has 4 heteroatoms. The van der Waals surface area contributed by atoms with E-state index in [1.165, 1.54) is 13.2 Å². The lowest BCUT2D eigenvalue weighted by atomic mass is 9.88. The van der Waals surface area contributed by atoms with Gasteiger partial charge in [0.05, 0.1) is 12.6 Å². The molecule has 18 heavy (non-hydrogen) atoms. The molecule has 0 aromatic heterocycles. The number of rotatable bonds is 6. The van der Waals surface area contributed by atoms with Crippen LogP contribution in [0.15, 0.2) is 18.2 Å². The summed E-state index contributed by atoms with van der Waals surface area (Å²) < 4.78 is 18.8. The van der Waals surface area contributed by atoms with Gasteiger partial charge in [0.2, 0.25) is 0 Å². The average molecular weight is 253 g/mol. The Morgan fingerprint density at radius 1 is 1.50 bits per heavy atom. The molecule has 0 saturated carbocycles. The van der Waals surface area contributed by atoms with Gasteiger partial charge in [-0.25, -0.2) is 4.39 Å². The van der Waals surface area contributed by atoms with E-state index in [4.69, 9.17) is 10.5 Å². The van der Waals surface area contributed by atoms with Crippen LogP contribution in [0.4, 0.5) is 4.39 Å². The molecule has 0 aliphatic rings. The zero-order valence-corrected chi connectivity index (χ0v) is 11.1. The highest BCUT2D eigenvalue weighted by molar-refractivity contribution is 5.89. The Morgan fingerprint density at radius 3 is 2.72 bits per heavy atom. The van der Waals surface area contributed by atoms with Gasteiger partial charge in [-0.05, 0) is 25.0 Å². The summed E-state index contributed by atoms with van der Waals surface area (Å²) in [5.41, 5.74) is 5.36. The van der Waals surface area contributed by atoms with Gasteiger partial charge in [-0.2, -0.15) is 0 Å². The van der Waals surface area contributed by atoms with Crippen LogP contribution in [0.25, 0.3) is 0 Å². The van der Waals surface area contributed by atoms with E-state index in [-0.39, 0.29) is 18.0 Å². The van der Waals surface area contributed by atoms with Crippen LogP contribution in [-0.2, 0) is 11.2 Å². The number of ketones is 1. The number of benzene rings is 1. The van der Waals surface area contributed by atoms with Gasteiger partial charge in [-0.15, -0.1) is 0 Å². The smallest absolute Gasteiger partial charge is 0.168 e. The van der Waals surface area contributed by atoms with Crippen LogP contribution in [0.1, 0.15) is 32.3 Å². The van der Waals surface area contributed by atoms with Gasteiger partial charge in [0.15, 0.2) is 17.3 Å². The normalized spacial score (nSPS) is 14.1. The number of Topliss-reactive ketones (excluding diaryl/α,β-unsaturated/α-hetero) is 1. The molecule has 1 atom stereocenters. The monoisotopic (exact) mass is 253 g/mol. The summed E-state index contributed by atoms with van der Waals surface area (Å²) in [7, 11) is 1.40. The van der Waals surface area contributed by atoms with Crippen molar-refractivity contribution in [3.63, 3.8) is 0 Å². The number of ether oxygens (including phenoxy) is 1. The molecule has 3 nitrogen and oxygen atoms in total. The fraction of sp³-hybridized carbons (Fsp3) is 0.500. The minimum Gasteiger partial charge on any atom is -0.494 e. The van der Waals surface area contributed by atoms with E-state index in [2.05, 4.69) is 0 Å². The number of nitrogens with two attached hydrogens (primary N) is 1. The lowest BCUT2D eigenvalue weighted by Gasteiger charge is -2.22. The molecule has 0 radical (unpaired) electrons. The van der Waals surface area contributed by atoms with Crippen LogP contribution >= 0.6 is 0 Å². The Bertz CT molecular complexity index is 430. The van der Waals surface area contributed by atoms with Crippen molar-refractivity contribution in [1.82, 2.24) is 0 Å². The standard InChI is InChI=1S/C14H20FNO2/c1-4-8-14(2,16)12(17)9-10-6-5-7-11(18-3)13(10)15/h5-7H,4,8-9,16H2,1-3H3. The topological polar surface area (TPSA) is 52.3 Å². The maximum Gasteiger partial charge on any atom is 0.168 e. The molecule has 0 amide bonds. The van der Waals surface area contributed by atoms with Crippen molar-refractivity contribution in [1.29, 1.82) is 0 Å². The van der Waals surface area contributed by atoms with Crippen molar-refractivity contribution in [2.75, 3.05) is 7.11 Å². The summed E-state index contributed by atoms with van der Waals surface area (Å²) >= 11 is 0. The first-order chi connectivity index (χ1) is 8.42. The van der Waals surface area contributed by atoms with Crippen LogP contribution in [0.2, 0.25) is 0 Å². The molecule has 0 saturated heterocycles. The number of carbonyl (C=O) groups is 1. The summed E-state index contributed by atoms with van der Waals surface area (Å²) in [6.07, 6.45) is 1.41. The van der Waals surface area contributed by atoms with Gasteiger partial charge in [-0.1, -0.05) is 25.5 Å². The second-order valence-corrected chi connectivity index (χ2v) is 4.70. The molecule has 1 aromatic carbocycles. The van der Waals surface area contributed by atoms with E-state index in [1.54, 1.807) is 19.1 Å². The minimum atomic E-state index is -0.899. The van der Waals surface area contributed by atoms with Gasteiger partial charge in [0.1, 0.15) is 0 Å². The first kappa shape index (κ1) is 14.6. The molecular weight excluding hydrogens is 233 g/mol. The van der Waals surface area contributed by atoms with E-state index in [1.807, 2.05) is 6.92 Å². The first-order valence-electron chi connectivity index (χ1n) is 6.06. The fourth-order valence-electron chi connectivity index (χ4n) is 1.88. The number of hydrogen-bond acceptors (Lipinski definition) is 3. The van der Waals surface area contributed by atoms with Crippen LogP contribution < -0.4 is 10.5 Å². The highest BCUT2D eigenvalue weighted by atomic mass is 19.1. The number of halogens is 1. The van der Waals surface area contributed by atoms with Gasteiger partial charge in [0.25, 0.3) is 0 Å². The Kier molecular flexibility index (Phi) is 4.84. The number of hydrogen-bond donors (Lipinski definition) is 1. The maximum absolute atomic E-state index is 13.9. The molecule has 0 fully saturated rings. The zero-order chi connectivity index (χ0) is 13.8. The van der Waals surface area contributed by atoms with Gasteiger partial charge in [-0.3, -0.25) is 4.79 Å². The van der Waals surface area contributed by atoms with E-state index < -0.39 is 11.4 Å². The molecule has 0 heterocycles. The Balaban J connectivity index is 2.88. The summed E-state index contributed by atoms with van der Waals surface area (Å²) in [6, 6.07) is 4.77. The fourth-order valence-corrected chi connectivity index (χ4v) is 1.88. The largest absolute Gasteiger partial charge is 0.494 e. The van der Waals surface area contributed by atoms with Gasteiger partial charge in [0, 0.05) is 6.42 Å². The van der Waals surface area contributed by atoms with Crippen molar-refractivity contribution in [2.24, 2.45) is 5.73 Å². The van der Waals surface area contributed by atoms with Crippen molar-refractivity contribution in [2.45, 2.75) is 38.6 Å². The predicted molar refractivity (Wildman–Crippen MR) is 69.2 cm³/mol. The van der Waals surface area contributed by atoms with E-state index in [0.29, 0.717) is 12.0 Å². The minimum absolute atomic E-state index is 0.00394. The molecule has 2 N–H and O–H groups in total. The van der Waals surface area contributed by atoms with Gasteiger partial charge >= 0.3 is 0 Å². The average Bonchev–Trinajstić information content (AvgIpc) is 2.31. The van der Waals surface area contributed by atoms with Crippen molar-refractivity contribution < 1.29 is 13.9 Å². The lowest BCUT2D eigenvalue weighted by Crippen LogP contribution is -2.45. The molecule has 0 bridgehead atoms. The summed E-state index contributed by atoms with van der Waals surface area (Å²) in [5, 5.41) is 0. The second-order valence-electron chi connectivity index (χ2n) is 4.70. The third-order valence-corrected chi connectivity index (χ3v) is 3.02. The molecule has 1 aromatic rings. The zero-order valence-electron chi connectivity index (χ0n) is 11.1. The summed E-state index contributed by atoms with van der Waals surface area (Å²) in [6.45, 7) is 3.65. The van der Waals surface area contributed by atoms with Crippen LogP contribution in [0, 0.1) is 5.82 Å². The summed E-state index contributed by atoms with van der Waals surface area (Å²) in [5.74, 6) is -0.494. The molecule has 1 unspecified atom stereocenters. The predicted octanol–water partition coefficient (Wildman–Crippen LogP) is 2.46. The SMILES string of the molecule is CCCC(C)(N)C(=O)Cc1cccc(OC)c1F. The van der Waals surface area contributed by atoms with E-state index >= 15 is 0 Å². The number of methoxy groups -OCH3 is 1. The molecule has 0 aliphatic carbocycles. The quantitative estimate of drug-likeness (QED) is 0.847. The molecule has 0 aliphatic heterocycles. The van der Waals surface area contributed by atoms with Crippen molar-refractivity contribution >= 4 is 5.78 Å². The highest BCUT2D eigenvalue weighted by Crippen LogP contribution is 2.22. The van der Waals surface area contributed by atoms with Gasteiger partial charge < -0.3 is 10.5 Å². The second kappa shape index (κ2) is 5.96. The van der Waals surface area contributed by atoms with Crippen molar-refractivity contribution in [3.05, 3.63) is 29.6 Å². The first-order valence-corrected chi connectivity index (χ1v) is 6.06. The maximum atomic E-state index is 13.9. The molecule has 1 rings (SSSR count). The third kappa shape index (κ3) is 3.29.